The molecule has 0 unspecified atom stereocenters. The lowest BCUT2D eigenvalue weighted by Crippen LogP contribution is -2.37. The van der Waals surface area contributed by atoms with Crippen LogP contribution < -0.4 is 15.1 Å². The van der Waals surface area contributed by atoms with Gasteiger partial charge in [-0.05, 0) is 37.3 Å². The molecule has 3 aromatic rings. The van der Waals surface area contributed by atoms with Crippen molar-refractivity contribution in [3.05, 3.63) is 35.2 Å². The third-order valence-electron chi connectivity index (χ3n) is 5.20. The number of amides is 2. The number of hydrogen-bond acceptors (Lipinski definition) is 8. The molecule has 0 saturated carbocycles. The second kappa shape index (κ2) is 9.85. The molecule has 1 N–H and O–H groups in total. The Morgan fingerprint density at radius 2 is 1.88 bits per heavy atom. The van der Waals surface area contributed by atoms with E-state index < -0.39 is 0 Å². The van der Waals surface area contributed by atoms with Crippen molar-refractivity contribution in [2.45, 2.75) is 6.92 Å². The molecule has 0 atom stereocenters. The molecule has 1 aliphatic rings. The summed E-state index contributed by atoms with van der Waals surface area (Å²) >= 11 is 2.92. The summed E-state index contributed by atoms with van der Waals surface area (Å²) in [4.78, 5) is 37.4. The van der Waals surface area contributed by atoms with Crippen molar-refractivity contribution in [3.8, 4) is 0 Å². The molecule has 2 amide bonds. The van der Waals surface area contributed by atoms with E-state index in [1.807, 2.05) is 56.3 Å². The van der Waals surface area contributed by atoms with E-state index in [9.17, 15) is 9.59 Å². The van der Waals surface area contributed by atoms with E-state index in [-0.39, 0.29) is 18.4 Å². The Labute approximate surface area is 195 Å². The third-order valence-corrected chi connectivity index (χ3v) is 7.52. The first-order chi connectivity index (χ1) is 15.4. The Bertz CT molecular complexity index is 1060. The molecule has 1 fully saturated rings. The number of aromatic nitrogens is 1. The minimum atomic E-state index is -0.217. The van der Waals surface area contributed by atoms with Gasteiger partial charge in [-0.3, -0.25) is 9.59 Å². The molecule has 1 saturated heterocycles. The van der Waals surface area contributed by atoms with Gasteiger partial charge in [-0.1, -0.05) is 11.3 Å². The maximum absolute atomic E-state index is 13.0. The maximum atomic E-state index is 13.0. The van der Waals surface area contributed by atoms with Crippen LogP contribution in [0.3, 0.4) is 0 Å². The van der Waals surface area contributed by atoms with E-state index in [0.29, 0.717) is 17.1 Å². The SMILES string of the molecule is CCN(CC(=O)Nc1ccc(N2CCOCC2)cc1)C(=O)c1cc2sc(N(C)C)nc2s1. The van der Waals surface area contributed by atoms with E-state index in [2.05, 4.69) is 15.2 Å². The van der Waals surface area contributed by atoms with Gasteiger partial charge in [0, 0.05) is 45.1 Å². The van der Waals surface area contributed by atoms with Gasteiger partial charge >= 0.3 is 0 Å². The molecule has 32 heavy (non-hydrogen) atoms. The topological polar surface area (TPSA) is 78.0 Å². The Hall–Kier alpha value is -2.69. The summed E-state index contributed by atoms with van der Waals surface area (Å²) in [6.45, 7) is 5.52. The number of thiazole rings is 1. The van der Waals surface area contributed by atoms with Gasteiger partial charge in [-0.2, -0.15) is 0 Å². The molecule has 0 spiro atoms. The zero-order valence-corrected chi connectivity index (χ0v) is 20.1. The van der Waals surface area contributed by atoms with E-state index in [1.165, 1.54) is 11.3 Å². The summed E-state index contributed by atoms with van der Waals surface area (Å²) in [6, 6.07) is 9.65. The lowest BCUT2D eigenvalue weighted by Gasteiger charge is -2.29. The molecule has 2 aromatic heterocycles. The number of anilines is 3. The lowest BCUT2D eigenvalue weighted by molar-refractivity contribution is -0.116. The zero-order valence-electron chi connectivity index (χ0n) is 18.5. The van der Waals surface area contributed by atoms with Crippen molar-refractivity contribution in [2.75, 3.05) is 68.6 Å². The number of thiophene rings is 1. The highest BCUT2D eigenvalue weighted by Gasteiger charge is 2.21. The quantitative estimate of drug-likeness (QED) is 0.567. The smallest absolute Gasteiger partial charge is 0.264 e. The van der Waals surface area contributed by atoms with Gasteiger partial charge in [-0.15, -0.1) is 11.3 Å². The van der Waals surface area contributed by atoms with Gasteiger partial charge in [0.15, 0.2) is 5.13 Å². The molecule has 170 valence electrons. The van der Waals surface area contributed by atoms with E-state index in [0.717, 1.165) is 46.7 Å². The van der Waals surface area contributed by atoms with E-state index in [4.69, 9.17) is 4.74 Å². The Balaban J connectivity index is 1.36. The van der Waals surface area contributed by atoms with Crippen molar-refractivity contribution in [1.82, 2.24) is 9.88 Å². The minimum Gasteiger partial charge on any atom is -0.378 e. The van der Waals surface area contributed by atoms with Crippen molar-refractivity contribution in [1.29, 1.82) is 0 Å². The number of carbonyl (C=O) groups is 2. The Morgan fingerprint density at radius 3 is 2.50 bits per heavy atom. The second-order valence-corrected chi connectivity index (χ2v) is 9.72. The molecule has 10 heteroatoms. The molecule has 1 aliphatic heterocycles. The van der Waals surface area contributed by atoms with Crippen LogP contribution in [-0.4, -0.2) is 75.2 Å². The van der Waals surface area contributed by atoms with Crippen LogP contribution in [0.2, 0.25) is 0 Å². The summed E-state index contributed by atoms with van der Waals surface area (Å²) < 4.78 is 6.38. The number of fused-ring (bicyclic) bond motifs is 1. The largest absolute Gasteiger partial charge is 0.378 e. The highest BCUT2D eigenvalue weighted by atomic mass is 32.1. The number of carbonyl (C=O) groups excluding carboxylic acids is 2. The minimum absolute atomic E-state index is 0.00245. The number of hydrogen-bond donors (Lipinski definition) is 1. The standard InChI is InChI=1S/C22H27N5O3S2/c1-4-26(21(29)18-13-17-20(31-18)24-22(32-17)25(2)3)14-19(28)23-15-5-7-16(8-6-15)27-9-11-30-12-10-27/h5-8,13H,4,9-12,14H2,1-3H3,(H,23,28). The average Bonchev–Trinajstić information content (AvgIpc) is 3.38. The highest BCUT2D eigenvalue weighted by Crippen LogP contribution is 2.34. The van der Waals surface area contributed by atoms with Gasteiger partial charge in [0.2, 0.25) is 5.91 Å². The van der Waals surface area contributed by atoms with Crippen LogP contribution in [0.1, 0.15) is 16.6 Å². The van der Waals surface area contributed by atoms with Crippen molar-refractivity contribution < 1.29 is 14.3 Å². The average molecular weight is 474 g/mol. The van der Waals surface area contributed by atoms with Crippen LogP contribution in [0.4, 0.5) is 16.5 Å². The van der Waals surface area contributed by atoms with Gasteiger partial charge in [0.1, 0.15) is 11.4 Å². The van der Waals surface area contributed by atoms with Crippen LogP contribution in [0.15, 0.2) is 30.3 Å². The van der Waals surface area contributed by atoms with Crippen molar-refractivity contribution >= 4 is 60.5 Å². The van der Waals surface area contributed by atoms with Crippen molar-refractivity contribution in [3.63, 3.8) is 0 Å². The number of morpholine rings is 1. The third kappa shape index (κ3) is 5.03. The summed E-state index contributed by atoms with van der Waals surface area (Å²) in [6.07, 6.45) is 0. The highest BCUT2D eigenvalue weighted by molar-refractivity contribution is 7.29. The fourth-order valence-corrected chi connectivity index (χ4v) is 5.56. The van der Waals surface area contributed by atoms with Crippen molar-refractivity contribution in [2.24, 2.45) is 0 Å². The first kappa shape index (κ1) is 22.5. The van der Waals surface area contributed by atoms with Crippen LogP contribution in [0.25, 0.3) is 9.53 Å². The number of nitrogens with one attached hydrogen (secondary N) is 1. The molecular weight excluding hydrogens is 446 g/mol. The first-order valence-electron chi connectivity index (χ1n) is 10.5. The summed E-state index contributed by atoms with van der Waals surface area (Å²) in [5.74, 6) is -0.363. The predicted molar refractivity (Wildman–Crippen MR) is 132 cm³/mol. The fraction of sp³-hybridized carbons (Fsp3) is 0.409. The molecule has 0 bridgehead atoms. The van der Waals surface area contributed by atoms with E-state index >= 15 is 0 Å². The van der Waals surface area contributed by atoms with Crippen LogP contribution >= 0.6 is 22.7 Å². The lowest BCUT2D eigenvalue weighted by atomic mass is 10.2. The Kier molecular flexibility index (Phi) is 6.92. The number of ether oxygens (including phenoxy) is 1. The number of likely N-dealkylation sites (N-methyl/N-ethyl adjacent to an activating group) is 1. The number of benzene rings is 1. The molecular formula is C22H27N5O3S2. The maximum Gasteiger partial charge on any atom is 0.264 e. The van der Waals surface area contributed by atoms with Gasteiger partial charge in [0.25, 0.3) is 5.91 Å². The van der Waals surface area contributed by atoms with Gasteiger partial charge in [0.05, 0.1) is 22.8 Å². The normalized spacial score (nSPS) is 13.9. The second-order valence-electron chi connectivity index (χ2n) is 7.68. The monoisotopic (exact) mass is 473 g/mol. The Morgan fingerprint density at radius 1 is 1.16 bits per heavy atom. The zero-order chi connectivity index (χ0) is 22.7. The molecule has 1 aromatic carbocycles. The summed E-state index contributed by atoms with van der Waals surface area (Å²) in [5, 5.41) is 3.81. The van der Waals surface area contributed by atoms with Crippen LogP contribution in [0.5, 0.6) is 0 Å². The molecule has 4 rings (SSSR count). The molecule has 0 aliphatic carbocycles. The predicted octanol–water partition coefficient (Wildman–Crippen LogP) is 3.36. The first-order valence-corrected chi connectivity index (χ1v) is 12.2. The van der Waals surface area contributed by atoms with Gasteiger partial charge in [-0.25, -0.2) is 4.98 Å². The summed E-state index contributed by atoms with van der Waals surface area (Å²) in [7, 11) is 3.89. The molecule has 3 heterocycles. The molecule has 8 nitrogen and oxygen atoms in total. The fourth-order valence-electron chi connectivity index (χ4n) is 3.45. The van der Waals surface area contributed by atoms with Crippen LogP contribution in [-0.2, 0) is 9.53 Å². The summed E-state index contributed by atoms with van der Waals surface area (Å²) in [5.41, 5.74) is 1.83. The number of nitrogens with zero attached hydrogens (tertiary/aromatic N) is 4. The number of rotatable bonds is 7. The van der Waals surface area contributed by atoms with Crippen LogP contribution in [0, 0.1) is 0 Å². The molecule has 0 radical (unpaired) electrons. The van der Waals surface area contributed by atoms with E-state index in [1.54, 1.807) is 16.2 Å². The van der Waals surface area contributed by atoms with Gasteiger partial charge < -0.3 is 24.8 Å².